The number of fused-ring (bicyclic) bond motifs is 3. The normalized spacial score (nSPS) is 21.2. The maximum absolute atomic E-state index is 14.3. The van der Waals surface area contributed by atoms with E-state index in [1.165, 1.54) is 38.5 Å². The second-order valence-electron chi connectivity index (χ2n) is 23.8. The number of para-hydroxylation sites is 1. The molecular weight excluding hydrogens is 1020 g/mol. The van der Waals surface area contributed by atoms with Crippen molar-refractivity contribution >= 4 is 78.6 Å². The van der Waals surface area contributed by atoms with E-state index >= 15 is 0 Å². The number of anilines is 3. The van der Waals surface area contributed by atoms with Gasteiger partial charge >= 0.3 is 0 Å². The van der Waals surface area contributed by atoms with Crippen molar-refractivity contribution in [1.29, 1.82) is 0 Å². The van der Waals surface area contributed by atoms with Gasteiger partial charge in [-0.3, -0.25) is 38.7 Å². The number of hydrogen-bond donors (Lipinski definition) is 4. The molecule has 6 aliphatic rings. The number of nitrogens with zero attached hydrogens (tertiary/aromatic N) is 7. The number of hydrogen-bond acceptors (Lipinski definition) is 11. The molecule has 5 fully saturated rings. The zero-order valence-corrected chi connectivity index (χ0v) is 47.0. The third-order valence-electron chi connectivity index (χ3n) is 18.1. The van der Waals surface area contributed by atoms with Crippen LogP contribution in [0.2, 0.25) is 0 Å². The molecule has 4 saturated carbocycles. The van der Waals surface area contributed by atoms with Crippen molar-refractivity contribution in [3.8, 4) is 11.1 Å². The average Bonchev–Trinajstić information content (AvgIpc) is 4.25. The zero-order chi connectivity index (χ0) is 54.9. The van der Waals surface area contributed by atoms with Crippen molar-refractivity contribution in [2.45, 2.75) is 148 Å². The largest absolute Gasteiger partial charge is 0.351 e. The Bertz CT molecular complexity index is 3440. The number of aryl methyl sites for hydroxylation is 1. The summed E-state index contributed by atoms with van der Waals surface area (Å²) in [4.78, 5) is 77.8. The van der Waals surface area contributed by atoms with Gasteiger partial charge in [0.15, 0.2) is 5.13 Å². The van der Waals surface area contributed by atoms with Crippen LogP contribution in [0.25, 0.3) is 32.2 Å². The molecule has 4 aliphatic carbocycles. The van der Waals surface area contributed by atoms with Gasteiger partial charge in [0.1, 0.15) is 11.5 Å². The Balaban J connectivity index is 0.628. The number of benzene rings is 3. The van der Waals surface area contributed by atoms with Crippen LogP contribution in [0.3, 0.4) is 0 Å². The fourth-order valence-corrected chi connectivity index (χ4v) is 15.4. The van der Waals surface area contributed by atoms with Crippen molar-refractivity contribution < 1.29 is 24.0 Å². The molecule has 1 unspecified atom stereocenters. The van der Waals surface area contributed by atoms with E-state index in [2.05, 4.69) is 55.0 Å². The lowest BCUT2D eigenvalue weighted by atomic mass is 9.49. The van der Waals surface area contributed by atoms with Crippen LogP contribution >= 0.6 is 11.3 Å². The molecule has 16 nitrogen and oxygen atoms in total. The lowest BCUT2D eigenvalue weighted by Gasteiger charge is -2.56. The molecule has 0 radical (unpaired) electrons. The zero-order valence-electron chi connectivity index (χ0n) is 46.2. The second kappa shape index (κ2) is 23.1. The average molecular weight is 1100 g/mol. The lowest BCUT2D eigenvalue weighted by molar-refractivity contribution is -0.134. The number of rotatable bonds is 21. The summed E-state index contributed by atoms with van der Waals surface area (Å²) < 4.78 is 5.05. The predicted molar refractivity (Wildman–Crippen MR) is 313 cm³/mol. The molecule has 13 rings (SSSR count). The SMILES string of the molecule is Cc1c(-c2ccc(NC(=O)c3cccc4c3CN(c3nc5ccccc5s3)CC4)nc2C(=O)NCCCCCCCCCCCC(=O)Nc2ccc3c(C4CCC(=O)NC4=O)nn(C)c3c2)cnn1CC12CC3CC(CC(C3)C1)C2. The smallest absolute Gasteiger partial charge is 0.270 e. The molecule has 17 heteroatoms. The van der Waals surface area contributed by atoms with Gasteiger partial charge in [0.05, 0.1) is 33.5 Å². The van der Waals surface area contributed by atoms with E-state index in [1.54, 1.807) is 16.0 Å². The summed E-state index contributed by atoms with van der Waals surface area (Å²) in [5, 5.41) is 23.1. The maximum atomic E-state index is 14.3. The molecule has 1 saturated heterocycles. The van der Waals surface area contributed by atoms with E-state index in [0.29, 0.717) is 59.7 Å². The van der Waals surface area contributed by atoms with Crippen LogP contribution in [0, 0.1) is 30.1 Å². The number of thiazole rings is 1. The van der Waals surface area contributed by atoms with Gasteiger partial charge in [0.25, 0.3) is 11.8 Å². The fourth-order valence-electron chi connectivity index (χ4n) is 14.5. The number of unbranched alkanes of at least 4 members (excludes halogenated alkanes) is 8. The first-order valence-electron chi connectivity index (χ1n) is 29.4. The topological polar surface area (TPSA) is 198 Å². The van der Waals surface area contributed by atoms with E-state index in [-0.39, 0.29) is 41.7 Å². The van der Waals surface area contributed by atoms with Gasteiger partial charge in [-0.1, -0.05) is 80.5 Å². The van der Waals surface area contributed by atoms with Gasteiger partial charge in [-0.15, -0.1) is 0 Å². The van der Waals surface area contributed by atoms with E-state index in [1.807, 2.05) is 73.9 Å². The Morgan fingerprint density at radius 3 is 2.30 bits per heavy atom. The minimum Gasteiger partial charge on any atom is -0.351 e. The standard InChI is InChI=1S/C63H73N11O5S/c1-39-49(36-65-74(39)38-63-33-40-29-41(34-63)31-42(30-40)35-63)45-22-24-54(69-59(77)46-16-14-15-43-26-28-73(37-50(43)46)62-67-51-17-11-12-18-53(51)80-62)68-58(45)61(79)64-27-13-9-7-5-3-4-6-8-10-19-55(75)66-44-20-21-47-52(32-44)72(2)71-57(47)48-23-25-56(76)70-60(48)78/h11-12,14-18,20-22,24,32,36,40-42,48H,3-10,13,19,23,25-31,33-35,37-38H2,1-2H3,(H,64,79)(H,66,75)(H,68,69,77)(H,70,76,78). The lowest BCUT2D eigenvalue weighted by Crippen LogP contribution is -2.48. The first-order valence-corrected chi connectivity index (χ1v) is 30.2. The third-order valence-corrected chi connectivity index (χ3v) is 19.2. The van der Waals surface area contributed by atoms with E-state index in [4.69, 9.17) is 15.1 Å². The Labute approximate surface area is 471 Å². The molecule has 3 aromatic carbocycles. The molecule has 4 aromatic heterocycles. The van der Waals surface area contributed by atoms with Crippen molar-refractivity contribution in [2.24, 2.45) is 30.2 Å². The van der Waals surface area contributed by atoms with Crippen molar-refractivity contribution in [3.63, 3.8) is 0 Å². The summed E-state index contributed by atoms with van der Waals surface area (Å²) in [6.07, 6.45) is 21.0. The minimum absolute atomic E-state index is 0.0281. The molecule has 416 valence electrons. The Hall–Kier alpha value is -7.27. The molecular formula is C63H73N11O5S. The minimum atomic E-state index is -0.477. The van der Waals surface area contributed by atoms with Gasteiger partial charge in [-0.05, 0) is 154 Å². The summed E-state index contributed by atoms with van der Waals surface area (Å²) >= 11 is 1.67. The fraction of sp³-hybridized carbons (Fsp3) is 0.476. The summed E-state index contributed by atoms with van der Waals surface area (Å²) in [5.74, 6) is 1.26. The number of nitrogens with one attached hydrogen (secondary N) is 4. The summed E-state index contributed by atoms with van der Waals surface area (Å²) in [5.41, 5.74) is 9.08. The van der Waals surface area contributed by atoms with E-state index in [0.717, 1.165) is 144 Å². The monoisotopic (exact) mass is 1100 g/mol. The number of amides is 5. The van der Waals surface area contributed by atoms with Crippen LogP contribution in [0.4, 0.5) is 16.6 Å². The third kappa shape index (κ3) is 11.4. The van der Waals surface area contributed by atoms with Gasteiger partial charge in [0.2, 0.25) is 17.7 Å². The highest BCUT2D eigenvalue weighted by Gasteiger charge is 2.51. The van der Waals surface area contributed by atoms with Crippen LogP contribution in [0.15, 0.2) is 79.0 Å². The number of piperidine rings is 1. The number of carbonyl (C=O) groups is 5. The Morgan fingerprint density at radius 2 is 1.54 bits per heavy atom. The Kier molecular flexibility index (Phi) is 15.4. The van der Waals surface area contributed by atoms with Crippen LogP contribution in [0.5, 0.6) is 0 Å². The van der Waals surface area contributed by atoms with Gasteiger partial charge in [-0.25, -0.2) is 9.97 Å². The first-order chi connectivity index (χ1) is 38.9. The molecule has 4 bridgehead atoms. The molecule has 5 amide bonds. The summed E-state index contributed by atoms with van der Waals surface area (Å²) in [7, 11) is 1.82. The molecule has 0 spiro atoms. The second-order valence-corrected chi connectivity index (χ2v) is 24.8. The highest BCUT2D eigenvalue weighted by Crippen LogP contribution is 2.60. The van der Waals surface area contributed by atoms with Crippen molar-refractivity contribution in [1.82, 2.24) is 40.2 Å². The van der Waals surface area contributed by atoms with E-state index in [9.17, 15) is 24.0 Å². The maximum Gasteiger partial charge on any atom is 0.270 e. The number of imide groups is 1. The van der Waals surface area contributed by atoms with Crippen LogP contribution in [0.1, 0.15) is 165 Å². The van der Waals surface area contributed by atoms with Crippen molar-refractivity contribution in [2.75, 3.05) is 28.6 Å². The molecule has 4 N–H and O–H groups in total. The quantitative estimate of drug-likeness (QED) is 0.0397. The highest BCUT2D eigenvalue weighted by molar-refractivity contribution is 7.22. The molecule has 7 aromatic rings. The molecule has 2 aliphatic heterocycles. The van der Waals surface area contributed by atoms with Gasteiger partial charge in [-0.2, -0.15) is 10.2 Å². The van der Waals surface area contributed by atoms with Gasteiger partial charge in [0, 0.05) is 79.5 Å². The molecule has 6 heterocycles. The first kappa shape index (κ1) is 53.4. The Morgan fingerprint density at radius 1 is 0.787 bits per heavy atom. The molecule has 80 heavy (non-hydrogen) atoms. The van der Waals surface area contributed by atoms with Crippen LogP contribution in [-0.4, -0.2) is 72.2 Å². The number of aromatic nitrogens is 6. The predicted octanol–water partition coefficient (Wildman–Crippen LogP) is 11.6. The summed E-state index contributed by atoms with van der Waals surface area (Å²) in [6.45, 7) is 4.94. The van der Waals surface area contributed by atoms with Crippen LogP contribution < -0.4 is 26.2 Å². The summed E-state index contributed by atoms with van der Waals surface area (Å²) in [6, 6.07) is 23.5. The molecule has 1 atom stereocenters. The van der Waals surface area contributed by atoms with Crippen molar-refractivity contribution in [3.05, 3.63) is 113 Å². The number of carbonyl (C=O) groups excluding carboxylic acids is 5. The van der Waals surface area contributed by atoms with E-state index < -0.39 is 5.92 Å². The number of pyridine rings is 1. The van der Waals surface area contributed by atoms with Crippen LogP contribution in [-0.2, 0) is 40.9 Å². The van der Waals surface area contributed by atoms with Gasteiger partial charge < -0.3 is 20.9 Å². The highest BCUT2D eigenvalue weighted by atomic mass is 32.1.